The van der Waals surface area contributed by atoms with Gasteiger partial charge in [-0.2, -0.15) is 5.10 Å². The van der Waals surface area contributed by atoms with Crippen molar-refractivity contribution in [2.45, 2.75) is 6.92 Å². The molecule has 0 bridgehead atoms. The monoisotopic (exact) mass is 429 g/mol. The van der Waals surface area contributed by atoms with Crippen molar-refractivity contribution < 1.29 is 9.18 Å². The van der Waals surface area contributed by atoms with Gasteiger partial charge in [0.25, 0.3) is 5.91 Å². The van der Waals surface area contributed by atoms with Gasteiger partial charge in [0.1, 0.15) is 5.82 Å². The van der Waals surface area contributed by atoms with E-state index < -0.39 is 0 Å². The van der Waals surface area contributed by atoms with Gasteiger partial charge < -0.3 is 9.80 Å². The fourth-order valence-electron chi connectivity index (χ4n) is 4.40. The molecule has 2 aromatic carbocycles. The minimum atomic E-state index is -0.235. The van der Waals surface area contributed by atoms with Crippen LogP contribution in [-0.4, -0.2) is 51.8 Å². The predicted octanol–water partition coefficient (Wildman–Crippen LogP) is 4.05. The van der Waals surface area contributed by atoms with Crippen LogP contribution in [0, 0.1) is 12.7 Å². The van der Waals surface area contributed by atoms with Gasteiger partial charge in [-0.1, -0.05) is 42.5 Å². The van der Waals surface area contributed by atoms with Crippen molar-refractivity contribution in [3.63, 3.8) is 0 Å². The minimum Gasteiger partial charge on any atom is -0.366 e. The van der Waals surface area contributed by atoms with Gasteiger partial charge in [-0.05, 0) is 25.1 Å². The van der Waals surface area contributed by atoms with E-state index in [1.165, 1.54) is 6.07 Å². The van der Waals surface area contributed by atoms with E-state index in [2.05, 4.69) is 5.10 Å². The Morgan fingerprint density at radius 3 is 2.38 bits per heavy atom. The molecule has 0 saturated carbocycles. The van der Waals surface area contributed by atoms with Crippen molar-refractivity contribution in [3.8, 4) is 11.3 Å². The molecule has 32 heavy (non-hydrogen) atoms. The van der Waals surface area contributed by atoms with Gasteiger partial charge in [0.2, 0.25) is 0 Å². The molecule has 2 aromatic heterocycles. The highest BCUT2D eigenvalue weighted by Gasteiger charge is 2.27. The molecule has 6 nitrogen and oxygen atoms in total. The number of amides is 1. The number of fused-ring (bicyclic) bond motifs is 1. The van der Waals surface area contributed by atoms with Gasteiger partial charge in [0, 0.05) is 38.8 Å². The highest BCUT2D eigenvalue weighted by atomic mass is 19.1. The Morgan fingerprint density at radius 1 is 0.969 bits per heavy atom. The van der Waals surface area contributed by atoms with Gasteiger partial charge in [-0.15, -0.1) is 0 Å². The Labute approximate surface area is 185 Å². The summed E-state index contributed by atoms with van der Waals surface area (Å²) in [6.45, 7) is 4.12. The lowest BCUT2D eigenvalue weighted by molar-refractivity contribution is 0.0748. The van der Waals surface area contributed by atoms with Crippen molar-refractivity contribution in [1.82, 2.24) is 19.7 Å². The van der Waals surface area contributed by atoms with E-state index in [0.717, 1.165) is 22.3 Å². The average Bonchev–Trinajstić information content (AvgIpc) is 3.12. The fourth-order valence-corrected chi connectivity index (χ4v) is 4.40. The zero-order chi connectivity index (χ0) is 22.2. The Kier molecular flexibility index (Phi) is 5.09. The molecule has 5 rings (SSSR count). The van der Waals surface area contributed by atoms with Gasteiger partial charge >= 0.3 is 0 Å². The van der Waals surface area contributed by atoms with Crippen molar-refractivity contribution in [1.29, 1.82) is 0 Å². The number of para-hydroxylation sites is 1. The highest BCUT2D eigenvalue weighted by Crippen LogP contribution is 2.28. The van der Waals surface area contributed by atoms with Crippen LogP contribution < -0.4 is 4.90 Å². The molecule has 1 amide bonds. The number of hydrogen-bond acceptors (Lipinski definition) is 4. The number of aryl methyl sites for hydroxylation is 2. The molecule has 0 spiro atoms. The van der Waals surface area contributed by atoms with E-state index in [-0.39, 0.29) is 11.7 Å². The maximum absolute atomic E-state index is 14.2. The van der Waals surface area contributed by atoms with E-state index in [1.54, 1.807) is 16.8 Å². The number of hydrogen-bond donors (Lipinski definition) is 0. The van der Waals surface area contributed by atoms with Gasteiger partial charge in [-0.3, -0.25) is 9.48 Å². The maximum atomic E-state index is 14.2. The molecule has 4 aromatic rings. The molecule has 1 saturated heterocycles. The second kappa shape index (κ2) is 8.07. The molecule has 1 fully saturated rings. The van der Waals surface area contributed by atoms with Crippen molar-refractivity contribution in [2.24, 2.45) is 7.05 Å². The zero-order valence-electron chi connectivity index (χ0n) is 18.1. The molecule has 3 heterocycles. The molecule has 0 aliphatic carbocycles. The smallest absolute Gasteiger partial charge is 0.254 e. The zero-order valence-corrected chi connectivity index (χ0v) is 18.1. The van der Waals surface area contributed by atoms with Crippen molar-refractivity contribution in [3.05, 3.63) is 77.7 Å². The van der Waals surface area contributed by atoms with Crippen LogP contribution in [-0.2, 0) is 7.05 Å². The Bertz CT molecular complexity index is 1290. The van der Waals surface area contributed by atoms with Crippen LogP contribution >= 0.6 is 0 Å². The summed E-state index contributed by atoms with van der Waals surface area (Å²) in [5, 5.41) is 5.29. The summed E-state index contributed by atoms with van der Waals surface area (Å²) in [6.07, 6.45) is 0. The first-order valence-corrected chi connectivity index (χ1v) is 10.7. The third-order valence-corrected chi connectivity index (χ3v) is 6.03. The molecular formula is C25H24FN5O. The number of pyridine rings is 1. The normalized spacial score (nSPS) is 14.2. The summed E-state index contributed by atoms with van der Waals surface area (Å²) in [5.74, 6) is -0.277. The summed E-state index contributed by atoms with van der Waals surface area (Å²) in [7, 11) is 1.85. The Balaban J connectivity index is 1.48. The van der Waals surface area contributed by atoms with Gasteiger partial charge in [0.05, 0.1) is 28.0 Å². The summed E-state index contributed by atoms with van der Waals surface area (Å²) in [5.41, 5.74) is 4.36. The first kappa shape index (κ1) is 20.2. The van der Waals surface area contributed by atoms with Crippen LogP contribution in [0.3, 0.4) is 0 Å². The molecule has 1 aliphatic heterocycles. The number of halogens is 1. The summed E-state index contributed by atoms with van der Waals surface area (Å²) in [6, 6.07) is 18.5. The van der Waals surface area contributed by atoms with Gasteiger partial charge in [0.15, 0.2) is 5.65 Å². The lowest BCUT2D eigenvalue weighted by atomic mass is 10.0. The summed E-state index contributed by atoms with van der Waals surface area (Å²) >= 11 is 0. The van der Waals surface area contributed by atoms with Crippen molar-refractivity contribution >= 4 is 22.6 Å². The second-order valence-corrected chi connectivity index (χ2v) is 8.06. The number of carbonyl (C=O) groups is 1. The Hall–Kier alpha value is -3.74. The number of benzene rings is 2. The summed E-state index contributed by atoms with van der Waals surface area (Å²) in [4.78, 5) is 22.3. The van der Waals surface area contributed by atoms with E-state index in [9.17, 15) is 9.18 Å². The lowest BCUT2D eigenvalue weighted by Crippen LogP contribution is -2.49. The SMILES string of the molecule is Cc1nn(C)c2nc(-c3ccccc3)cc(C(=O)N3CCN(c4ccccc4F)CC3)c12. The summed E-state index contributed by atoms with van der Waals surface area (Å²) < 4.78 is 15.9. The molecular weight excluding hydrogens is 405 g/mol. The Morgan fingerprint density at radius 2 is 1.66 bits per heavy atom. The van der Waals surface area contributed by atoms with Crippen LogP contribution in [0.2, 0.25) is 0 Å². The van der Waals surface area contributed by atoms with Crippen molar-refractivity contribution in [2.75, 3.05) is 31.1 Å². The molecule has 1 aliphatic rings. The molecule has 7 heteroatoms. The number of nitrogens with zero attached hydrogens (tertiary/aromatic N) is 5. The average molecular weight is 429 g/mol. The number of rotatable bonds is 3. The third kappa shape index (κ3) is 3.49. The van der Waals surface area contributed by atoms with Crippen LogP contribution in [0.4, 0.5) is 10.1 Å². The molecule has 0 radical (unpaired) electrons. The van der Waals surface area contributed by atoms with Gasteiger partial charge in [-0.25, -0.2) is 9.37 Å². The third-order valence-electron chi connectivity index (χ3n) is 6.03. The number of anilines is 1. The molecule has 0 atom stereocenters. The van der Waals surface area contributed by atoms with Crippen LogP contribution in [0.1, 0.15) is 16.1 Å². The first-order valence-electron chi connectivity index (χ1n) is 10.7. The molecule has 162 valence electrons. The number of carbonyl (C=O) groups excluding carboxylic acids is 1. The van der Waals surface area contributed by atoms with Crippen LogP contribution in [0.5, 0.6) is 0 Å². The van der Waals surface area contributed by atoms with Crippen LogP contribution in [0.15, 0.2) is 60.7 Å². The van der Waals surface area contributed by atoms with Crippen LogP contribution in [0.25, 0.3) is 22.3 Å². The largest absolute Gasteiger partial charge is 0.366 e. The fraction of sp³-hybridized carbons (Fsp3) is 0.240. The number of aromatic nitrogens is 3. The van der Waals surface area contributed by atoms with E-state index in [4.69, 9.17) is 4.98 Å². The van der Waals surface area contributed by atoms with E-state index in [1.807, 2.05) is 66.2 Å². The predicted molar refractivity (Wildman–Crippen MR) is 123 cm³/mol. The standard InChI is InChI=1S/C25H24FN5O/c1-17-23-19(16-21(18-8-4-3-5-9-18)27-24(23)29(2)28-17)25(32)31-14-12-30(13-15-31)22-11-7-6-10-20(22)26/h3-11,16H,12-15H2,1-2H3. The quantitative estimate of drug-likeness (QED) is 0.493. The second-order valence-electron chi connectivity index (χ2n) is 8.06. The topological polar surface area (TPSA) is 54.3 Å². The molecule has 0 N–H and O–H groups in total. The maximum Gasteiger partial charge on any atom is 0.254 e. The lowest BCUT2D eigenvalue weighted by Gasteiger charge is -2.36. The number of piperazine rings is 1. The first-order chi connectivity index (χ1) is 15.5. The van der Waals surface area contributed by atoms with E-state index in [0.29, 0.717) is 43.1 Å². The van der Waals surface area contributed by atoms with E-state index >= 15 is 0 Å². The molecule has 0 unspecified atom stereocenters. The highest BCUT2D eigenvalue weighted by molar-refractivity contribution is 6.07. The minimum absolute atomic E-state index is 0.0427.